The third-order valence-corrected chi connectivity index (χ3v) is 4.17. The molecule has 0 heterocycles. The molecular formula is C14H20N2OS. The third-order valence-electron chi connectivity index (χ3n) is 3.27. The summed E-state index contributed by atoms with van der Waals surface area (Å²) in [7, 11) is 1.89. The zero-order chi connectivity index (χ0) is 13.0. The van der Waals surface area contributed by atoms with Crippen molar-refractivity contribution >= 4 is 23.4 Å². The molecule has 4 heteroatoms. The van der Waals surface area contributed by atoms with Gasteiger partial charge in [-0.1, -0.05) is 6.92 Å². The van der Waals surface area contributed by atoms with E-state index in [4.69, 9.17) is 0 Å². The van der Waals surface area contributed by atoms with Crippen LogP contribution in [0.5, 0.6) is 0 Å². The molecule has 0 atom stereocenters. The van der Waals surface area contributed by atoms with Gasteiger partial charge in [0, 0.05) is 17.1 Å². The van der Waals surface area contributed by atoms with Crippen LogP contribution in [-0.2, 0) is 4.79 Å². The predicted octanol–water partition coefficient (Wildman–Crippen LogP) is 2.74. The second-order valence-corrected chi connectivity index (χ2v) is 6.06. The minimum Gasteiger partial charge on any atom is -0.326 e. The number of anilines is 1. The Morgan fingerprint density at radius 1 is 1.33 bits per heavy atom. The predicted molar refractivity (Wildman–Crippen MR) is 77.1 cm³/mol. The maximum absolute atomic E-state index is 12.1. The number of nitrogens with one attached hydrogen (secondary N) is 2. The maximum atomic E-state index is 12.1. The summed E-state index contributed by atoms with van der Waals surface area (Å²) in [6.45, 7) is 2.90. The van der Waals surface area contributed by atoms with Gasteiger partial charge in [0.1, 0.15) is 0 Å². The Morgan fingerprint density at radius 3 is 2.50 bits per heavy atom. The fourth-order valence-corrected chi connectivity index (χ4v) is 2.70. The monoisotopic (exact) mass is 264 g/mol. The molecule has 1 saturated carbocycles. The first-order valence-corrected chi connectivity index (χ1v) is 7.38. The summed E-state index contributed by atoms with van der Waals surface area (Å²) in [5.41, 5.74) is 0.730. The van der Waals surface area contributed by atoms with Crippen molar-refractivity contribution in [2.24, 2.45) is 5.41 Å². The molecule has 1 fully saturated rings. The molecule has 0 unspecified atom stereocenters. The van der Waals surface area contributed by atoms with E-state index in [1.54, 1.807) is 11.8 Å². The molecule has 1 amide bonds. The van der Waals surface area contributed by atoms with Crippen molar-refractivity contribution in [2.45, 2.75) is 24.7 Å². The normalized spacial score (nSPS) is 16.3. The summed E-state index contributed by atoms with van der Waals surface area (Å²) in [4.78, 5) is 13.4. The first kappa shape index (κ1) is 13.4. The van der Waals surface area contributed by atoms with Crippen LogP contribution in [0.15, 0.2) is 29.2 Å². The molecule has 0 saturated heterocycles. The molecule has 0 radical (unpaired) electrons. The summed E-state index contributed by atoms with van der Waals surface area (Å²) in [6, 6.07) is 8.07. The number of carbonyl (C=O) groups is 1. The zero-order valence-electron chi connectivity index (χ0n) is 11.0. The van der Waals surface area contributed by atoms with Gasteiger partial charge in [-0.25, -0.2) is 0 Å². The molecule has 1 aromatic carbocycles. The van der Waals surface area contributed by atoms with Crippen LogP contribution in [0, 0.1) is 5.41 Å². The minimum atomic E-state index is -0.161. The number of carbonyl (C=O) groups excluding carboxylic acids is 1. The van der Waals surface area contributed by atoms with Crippen molar-refractivity contribution in [3.05, 3.63) is 24.3 Å². The third kappa shape index (κ3) is 3.06. The minimum absolute atomic E-state index is 0.146. The van der Waals surface area contributed by atoms with Crippen molar-refractivity contribution < 1.29 is 4.79 Å². The lowest BCUT2D eigenvalue weighted by atomic mass is 10.1. The number of amides is 1. The standard InChI is InChI=1S/C14H20N2OS/c1-3-18-12-6-4-11(5-7-12)16-13(17)14(8-9-14)10-15-2/h4-7,15H,3,8-10H2,1-2H3,(H,16,17). The maximum Gasteiger partial charge on any atom is 0.231 e. The van der Waals surface area contributed by atoms with Gasteiger partial charge < -0.3 is 10.6 Å². The van der Waals surface area contributed by atoms with Gasteiger partial charge in [0.2, 0.25) is 5.91 Å². The highest BCUT2D eigenvalue weighted by atomic mass is 32.2. The van der Waals surface area contributed by atoms with Gasteiger partial charge in [0.05, 0.1) is 5.41 Å². The van der Waals surface area contributed by atoms with E-state index in [1.807, 2.05) is 19.2 Å². The molecule has 1 aromatic rings. The molecular weight excluding hydrogens is 244 g/mol. The molecule has 0 aliphatic heterocycles. The van der Waals surface area contributed by atoms with Crippen LogP contribution in [0.4, 0.5) is 5.69 Å². The topological polar surface area (TPSA) is 41.1 Å². The second kappa shape index (κ2) is 5.76. The fraction of sp³-hybridized carbons (Fsp3) is 0.500. The van der Waals surface area contributed by atoms with Crippen LogP contribution in [0.2, 0.25) is 0 Å². The van der Waals surface area contributed by atoms with E-state index in [0.717, 1.165) is 30.8 Å². The molecule has 2 rings (SSSR count). The van der Waals surface area contributed by atoms with E-state index in [1.165, 1.54) is 4.90 Å². The Hall–Kier alpha value is -1.00. The second-order valence-electron chi connectivity index (χ2n) is 4.72. The number of benzene rings is 1. The molecule has 1 aliphatic carbocycles. The van der Waals surface area contributed by atoms with Gasteiger partial charge in [0.25, 0.3) is 0 Å². The molecule has 0 spiro atoms. The van der Waals surface area contributed by atoms with Gasteiger partial charge in [-0.15, -0.1) is 11.8 Å². The van der Waals surface area contributed by atoms with Crippen molar-refractivity contribution in [3.8, 4) is 0 Å². The Bertz CT molecular complexity index is 412. The highest BCUT2D eigenvalue weighted by Crippen LogP contribution is 2.45. The lowest BCUT2D eigenvalue weighted by Crippen LogP contribution is -2.32. The van der Waals surface area contributed by atoms with Crippen molar-refractivity contribution in [1.82, 2.24) is 5.32 Å². The molecule has 0 bridgehead atoms. The number of thioether (sulfide) groups is 1. The first-order valence-electron chi connectivity index (χ1n) is 6.39. The van der Waals surface area contributed by atoms with E-state index in [0.29, 0.717) is 0 Å². The van der Waals surface area contributed by atoms with E-state index in [-0.39, 0.29) is 11.3 Å². The highest BCUT2D eigenvalue weighted by molar-refractivity contribution is 7.99. The van der Waals surface area contributed by atoms with Gasteiger partial charge >= 0.3 is 0 Å². The average molecular weight is 264 g/mol. The average Bonchev–Trinajstić information content (AvgIpc) is 3.13. The van der Waals surface area contributed by atoms with Crippen LogP contribution in [0.1, 0.15) is 19.8 Å². The van der Waals surface area contributed by atoms with Crippen molar-refractivity contribution in [1.29, 1.82) is 0 Å². The van der Waals surface area contributed by atoms with Crippen molar-refractivity contribution in [2.75, 3.05) is 24.7 Å². The lowest BCUT2D eigenvalue weighted by molar-refractivity contribution is -0.120. The Balaban J connectivity index is 1.95. The fourth-order valence-electron chi connectivity index (χ4n) is 2.04. The molecule has 3 nitrogen and oxygen atoms in total. The summed E-state index contributed by atoms with van der Waals surface area (Å²) in [5.74, 6) is 1.21. The number of hydrogen-bond acceptors (Lipinski definition) is 3. The van der Waals surface area contributed by atoms with Crippen molar-refractivity contribution in [3.63, 3.8) is 0 Å². The van der Waals surface area contributed by atoms with E-state index >= 15 is 0 Å². The van der Waals surface area contributed by atoms with Gasteiger partial charge in [0.15, 0.2) is 0 Å². The quantitative estimate of drug-likeness (QED) is 0.776. The van der Waals surface area contributed by atoms with Crippen LogP contribution in [-0.4, -0.2) is 25.3 Å². The summed E-state index contributed by atoms with van der Waals surface area (Å²) >= 11 is 1.81. The zero-order valence-corrected chi connectivity index (χ0v) is 11.8. The summed E-state index contributed by atoms with van der Waals surface area (Å²) in [5, 5.41) is 6.11. The van der Waals surface area contributed by atoms with Gasteiger partial charge in [-0.3, -0.25) is 4.79 Å². The van der Waals surface area contributed by atoms with E-state index in [9.17, 15) is 4.79 Å². The lowest BCUT2D eigenvalue weighted by Gasteiger charge is -2.14. The molecule has 2 N–H and O–H groups in total. The van der Waals surface area contributed by atoms with E-state index in [2.05, 4.69) is 29.7 Å². The van der Waals surface area contributed by atoms with Crippen LogP contribution < -0.4 is 10.6 Å². The van der Waals surface area contributed by atoms with Crippen LogP contribution >= 0.6 is 11.8 Å². The van der Waals surface area contributed by atoms with Crippen LogP contribution in [0.3, 0.4) is 0 Å². The highest BCUT2D eigenvalue weighted by Gasteiger charge is 2.49. The molecule has 1 aliphatic rings. The van der Waals surface area contributed by atoms with E-state index < -0.39 is 0 Å². The molecule has 0 aromatic heterocycles. The molecule has 18 heavy (non-hydrogen) atoms. The van der Waals surface area contributed by atoms with Gasteiger partial charge in [-0.05, 0) is 49.9 Å². The Kier molecular flexibility index (Phi) is 4.30. The van der Waals surface area contributed by atoms with Gasteiger partial charge in [-0.2, -0.15) is 0 Å². The number of hydrogen-bond donors (Lipinski definition) is 2. The summed E-state index contributed by atoms with van der Waals surface area (Å²) in [6.07, 6.45) is 1.98. The first-order chi connectivity index (χ1) is 8.70. The SMILES string of the molecule is CCSc1ccc(NC(=O)C2(CNC)CC2)cc1. The smallest absolute Gasteiger partial charge is 0.231 e. The Labute approximate surface area is 113 Å². The molecule has 98 valence electrons. The number of rotatable bonds is 6. The Morgan fingerprint density at radius 2 is 2.00 bits per heavy atom. The van der Waals surface area contributed by atoms with Crippen LogP contribution in [0.25, 0.3) is 0 Å². The largest absolute Gasteiger partial charge is 0.326 e. The summed E-state index contributed by atoms with van der Waals surface area (Å²) < 4.78 is 0.